The molecule has 154 valence electrons. The fourth-order valence-corrected chi connectivity index (χ4v) is 3.53. The van der Waals surface area contributed by atoms with Crippen LogP contribution in [0.15, 0.2) is 42.5 Å². The molecule has 0 aromatic heterocycles. The van der Waals surface area contributed by atoms with Crippen LogP contribution in [0.25, 0.3) is 0 Å². The summed E-state index contributed by atoms with van der Waals surface area (Å²) in [5, 5.41) is 3.07. The normalized spacial score (nSPS) is 16.2. The second-order valence-corrected chi connectivity index (χ2v) is 7.79. The molecule has 0 radical (unpaired) electrons. The molecular formula is C22H24ClFN2O3. The van der Waals surface area contributed by atoms with Gasteiger partial charge in [0.2, 0.25) is 0 Å². The summed E-state index contributed by atoms with van der Waals surface area (Å²) in [6, 6.07) is 10.6. The van der Waals surface area contributed by atoms with Crippen molar-refractivity contribution in [2.45, 2.75) is 38.8 Å². The number of carbonyl (C=O) groups is 2. The first-order valence-corrected chi connectivity index (χ1v) is 10.0. The Kier molecular flexibility index (Phi) is 6.75. The van der Waals surface area contributed by atoms with Gasteiger partial charge in [0.05, 0.1) is 16.6 Å². The Bertz CT molecular complexity index is 886. The molecule has 0 aliphatic carbocycles. The van der Waals surface area contributed by atoms with E-state index in [0.717, 1.165) is 12.8 Å². The summed E-state index contributed by atoms with van der Waals surface area (Å²) in [6.45, 7) is 4.70. The number of halogens is 2. The van der Waals surface area contributed by atoms with Gasteiger partial charge in [-0.05, 0) is 69.2 Å². The molecule has 2 amide bonds. The average molecular weight is 419 g/mol. The largest absolute Gasteiger partial charge is 0.491 e. The Morgan fingerprint density at radius 3 is 2.66 bits per heavy atom. The maximum atomic E-state index is 13.5. The molecule has 0 bridgehead atoms. The van der Waals surface area contributed by atoms with Crippen LogP contribution in [-0.2, 0) is 0 Å². The monoisotopic (exact) mass is 418 g/mol. The molecule has 1 atom stereocenters. The van der Waals surface area contributed by atoms with Crippen LogP contribution in [0.4, 0.5) is 4.39 Å². The minimum absolute atomic E-state index is 0.0657. The van der Waals surface area contributed by atoms with Crippen molar-refractivity contribution in [2.75, 3.05) is 13.2 Å². The Labute approximate surface area is 174 Å². The number of nitrogens with zero attached hydrogens (tertiary/aromatic N) is 1. The second kappa shape index (κ2) is 9.27. The number of hydrogen-bond donors (Lipinski definition) is 1. The fourth-order valence-electron chi connectivity index (χ4n) is 3.33. The summed E-state index contributed by atoms with van der Waals surface area (Å²) in [5.41, 5.74) is 0.726. The third-order valence-electron chi connectivity index (χ3n) is 4.78. The van der Waals surface area contributed by atoms with Crippen LogP contribution in [-0.4, -0.2) is 41.9 Å². The summed E-state index contributed by atoms with van der Waals surface area (Å²) >= 11 is 6.08. The molecular weight excluding hydrogens is 395 g/mol. The van der Waals surface area contributed by atoms with Gasteiger partial charge in [0, 0.05) is 18.2 Å². The van der Waals surface area contributed by atoms with Crippen LogP contribution in [0.5, 0.6) is 5.75 Å². The van der Waals surface area contributed by atoms with E-state index in [4.69, 9.17) is 16.3 Å². The van der Waals surface area contributed by atoms with Gasteiger partial charge in [-0.2, -0.15) is 0 Å². The van der Waals surface area contributed by atoms with Gasteiger partial charge in [-0.25, -0.2) is 4.39 Å². The van der Waals surface area contributed by atoms with Crippen molar-refractivity contribution in [1.82, 2.24) is 10.2 Å². The predicted octanol–water partition coefficient (Wildman–Crippen LogP) is 4.30. The summed E-state index contributed by atoms with van der Waals surface area (Å²) in [7, 11) is 0. The first kappa shape index (κ1) is 21.1. The molecule has 5 nitrogen and oxygen atoms in total. The highest BCUT2D eigenvalue weighted by molar-refractivity contribution is 6.33. The molecule has 1 aliphatic rings. The van der Waals surface area contributed by atoms with Gasteiger partial charge in [0.1, 0.15) is 18.2 Å². The van der Waals surface area contributed by atoms with Crippen molar-refractivity contribution in [2.24, 2.45) is 0 Å². The van der Waals surface area contributed by atoms with E-state index >= 15 is 0 Å². The van der Waals surface area contributed by atoms with Crippen molar-refractivity contribution in [3.8, 4) is 5.75 Å². The number of carbonyl (C=O) groups excluding carboxylic acids is 2. The van der Waals surface area contributed by atoms with Crippen LogP contribution in [0, 0.1) is 5.82 Å². The lowest BCUT2D eigenvalue weighted by molar-refractivity contribution is 0.0691. The molecule has 1 aliphatic heterocycles. The molecule has 1 saturated heterocycles. The highest BCUT2D eigenvalue weighted by Gasteiger charge is 2.31. The smallest absolute Gasteiger partial charge is 0.255 e. The van der Waals surface area contributed by atoms with E-state index < -0.39 is 5.82 Å². The highest BCUT2D eigenvalue weighted by atomic mass is 35.5. The topological polar surface area (TPSA) is 58.6 Å². The van der Waals surface area contributed by atoms with Gasteiger partial charge < -0.3 is 15.0 Å². The third-order valence-corrected chi connectivity index (χ3v) is 5.11. The van der Waals surface area contributed by atoms with Gasteiger partial charge in [0.15, 0.2) is 0 Å². The lowest BCUT2D eigenvalue weighted by atomic mass is 10.1. The maximum absolute atomic E-state index is 13.5. The average Bonchev–Trinajstić information content (AvgIpc) is 3.16. The van der Waals surface area contributed by atoms with Crippen LogP contribution < -0.4 is 10.1 Å². The Morgan fingerprint density at radius 2 is 1.97 bits per heavy atom. The molecule has 1 heterocycles. The quantitative estimate of drug-likeness (QED) is 0.760. The van der Waals surface area contributed by atoms with E-state index in [9.17, 15) is 14.0 Å². The lowest BCUT2D eigenvalue weighted by Crippen LogP contribution is -2.39. The predicted molar refractivity (Wildman–Crippen MR) is 110 cm³/mol. The Hall–Kier alpha value is -2.60. The van der Waals surface area contributed by atoms with Gasteiger partial charge in [-0.1, -0.05) is 11.6 Å². The number of amides is 2. The standard InChI is InChI=1S/C22H24ClFN2O3/c1-14(2)25-21(27)15-5-8-18(9-6-15)29-13-17-4-3-11-26(17)22(28)19-12-16(24)7-10-20(19)23/h5-10,12,14,17H,3-4,11,13H2,1-2H3,(H,25,27). The lowest BCUT2D eigenvalue weighted by Gasteiger charge is -2.25. The first-order valence-electron chi connectivity index (χ1n) is 9.65. The van der Waals surface area contributed by atoms with Crippen molar-refractivity contribution in [3.05, 3.63) is 64.4 Å². The summed E-state index contributed by atoms with van der Waals surface area (Å²) in [5.74, 6) is -0.298. The number of rotatable bonds is 6. The maximum Gasteiger partial charge on any atom is 0.255 e. The summed E-state index contributed by atoms with van der Waals surface area (Å²) in [6.07, 6.45) is 1.65. The molecule has 2 aromatic carbocycles. The minimum Gasteiger partial charge on any atom is -0.491 e. The molecule has 1 fully saturated rings. The van der Waals surface area contributed by atoms with Gasteiger partial charge >= 0.3 is 0 Å². The van der Waals surface area contributed by atoms with Crippen molar-refractivity contribution in [3.63, 3.8) is 0 Å². The molecule has 3 rings (SSSR count). The number of ether oxygens (including phenoxy) is 1. The SMILES string of the molecule is CC(C)NC(=O)c1ccc(OCC2CCCN2C(=O)c2cc(F)ccc2Cl)cc1. The minimum atomic E-state index is -0.494. The zero-order chi connectivity index (χ0) is 21.0. The van der Waals surface area contributed by atoms with Gasteiger partial charge in [-0.15, -0.1) is 0 Å². The third kappa shape index (κ3) is 5.26. The van der Waals surface area contributed by atoms with Crippen molar-refractivity contribution in [1.29, 1.82) is 0 Å². The van der Waals surface area contributed by atoms with E-state index in [0.29, 0.717) is 24.5 Å². The molecule has 7 heteroatoms. The number of nitrogens with one attached hydrogen (secondary N) is 1. The molecule has 0 saturated carbocycles. The van der Waals surface area contributed by atoms with Crippen LogP contribution in [0.1, 0.15) is 47.4 Å². The molecule has 0 spiro atoms. The van der Waals surface area contributed by atoms with Gasteiger partial charge in [-0.3, -0.25) is 9.59 Å². The highest BCUT2D eigenvalue weighted by Crippen LogP contribution is 2.25. The number of benzene rings is 2. The van der Waals surface area contributed by atoms with E-state index in [1.807, 2.05) is 13.8 Å². The van der Waals surface area contributed by atoms with Crippen molar-refractivity contribution < 1.29 is 18.7 Å². The fraction of sp³-hybridized carbons (Fsp3) is 0.364. The first-order chi connectivity index (χ1) is 13.8. The second-order valence-electron chi connectivity index (χ2n) is 7.38. The number of likely N-dealkylation sites (tertiary alicyclic amines) is 1. The molecule has 1 N–H and O–H groups in total. The van der Waals surface area contributed by atoms with Crippen LogP contribution >= 0.6 is 11.6 Å². The molecule has 2 aromatic rings. The van der Waals surface area contributed by atoms with E-state index in [1.165, 1.54) is 18.2 Å². The summed E-state index contributed by atoms with van der Waals surface area (Å²) < 4.78 is 19.4. The Morgan fingerprint density at radius 1 is 1.24 bits per heavy atom. The van der Waals surface area contributed by atoms with Crippen LogP contribution in [0.3, 0.4) is 0 Å². The van der Waals surface area contributed by atoms with Crippen LogP contribution in [0.2, 0.25) is 5.02 Å². The zero-order valence-electron chi connectivity index (χ0n) is 16.5. The van der Waals surface area contributed by atoms with Gasteiger partial charge in [0.25, 0.3) is 11.8 Å². The van der Waals surface area contributed by atoms with E-state index in [1.54, 1.807) is 29.2 Å². The number of hydrogen-bond acceptors (Lipinski definition) is 3. The zero-order valence-corrected chi connectivity index (χ0v) is 17.2. The molecule has 1 unspecified atom stereocenters. The van der Waals surface area contributed by atoms with E-state index in [-0.39, 0.29) is 34.5 Å². The van der Waals surface area contributed by atoms with E-state index in [2.05, 4.69) is 5.32 Å². The molecule has 29 heavy (non-hydrogen) atoms. The van der Waals surface area contributed by atoms with Crippen molar-refractivity contribution >= 4 is 23.4 Å². The Balaban J connectivity index is 1.62. The summed E-state index contributed by atoms with van der Waals surface area (Å²) in [4.78, 5) is 26.5.